The van der Waals surface area contributed by atoms with Crippen molar-refractivity contribution in [2.24, 2.45) is 0 Å². The van der Waals surface area contributed by atoms with Crippen LogP contribution >= 0.6 is 27.5 Å². The van der Waals surface area contributed by atoms with Crippen LogP contribution in [-0.4, -0.2) is 15.4 Å². The molecule has 2 aromatic heterocycles. The van der Waals surface area contributed by atoms with Crippen molar-refractivity contribution in [2.75, 3.05) is 5.88 Å². The van der Waals surface area contributed by atoms with Gasteiger partial charge in [-0.1, -0.05) is 15.9 Å². The molecule has 3 aromatic rings. The number of benzene rings is 1. The largest absolute Gasteiger partial charge is 0.469 e. The van der Waals surface area contributed by atoms with E-state index >= 15 is 0 Å². The fourth-order valence-corrected chi connectivity index (χ4v) is 2.87. The van der Waals surface area contributed by atoms with E-state index in [4.69, 9.17) is 16.0 Å². The predicted octanol–water partition coefficient (Wildman–Crippen LogP) is 4.42. The summed E-state index contributed by atoms with van der Waals surface area (Å²) in [6, 6.07) is 10.1. The lowest BCUT2D eigenvalue weighted by molar-refractivity contribution is 0.490. The molecule has 1 aromatic carbocycles. The van der Waals surface area contributed by atoms with Crippen LogP contribution in [0.1, 0.15) is 11.6 Å². The second kappa shape index (κ2) is 6.02. The summed E-state index contributed by atoms with van der Waals surface area (Å²) < 4.78 is 8.66. The molecule has 2 heterocycles. The highest BCUT2D eigenvalue weighted by atomic mass is 79.9. The highest BCUT2D eigenvalue weighted by molar-refractivity contribution is 9.10. The van der Waals surface area contributed by atoms with E-state index in [1.54, 1.807) is 6.26 Å². The lowest BCUT2D eigenvalue weighted by Gasteiger charge is -2.07. The maximum atomic E-state index is 5.89. The van der Waals surface area contributed by atoms with Gasteiger partial charge >= 0.3 is 0 Å². The first-order valence-corrected chi connectivity index (χ1v) is 7.83. The first-order valence-electron chi connectivity index (χ1n) is 6.51. The molecule has 20 heavy (non-hydrogen) atoms. The van der Waals surface area contributed by atoms with Crippen LogP contribution in [0.15, 0.2) is 45.5 Å². The van der Waals surface area contributed by atoms with E-state index in [-0.39, 0.29) is 0 Å². The molecular formula is C15H14BrClN2O. The van der Waals surface area contributed by atoms with Crippen molar-refractivity contribution < 1.29 is 4.42 Å². The quantitative estimate of drug-likeness (QED) is 0.636. The molecule has 0 spiro atoms. The van der Waals surface area contributed by atoms with Gasteiger partial charge in [-0.3, -0.25) is 0 Å². The van der Waals surface area contributed by atoms with Gasteiger partial charge in [0.2, 0.25) is 0 Å². The average molecular weight is 354 g/mol. The summed E-state index contributed by atoms with van der Waals surface area (Å²) >= 11 is 9.37. The lowest BCUT2D eigenvalue weighted by Crippen LogP contribution is -2.06. The Bertz CT molecular complexity index is 706. The van der Waals surface area contributed by atoms with Gasteiger partial charge in [-0.25, -0.2) is 4.98 Å². The Labute approximate surface area is 130 Å². The van der Waals surface area contributed by atoms with Crippen LogP contribution in [0.3, 0.4) is 0 Å². The first kappa shape index (κ1) is 13.7. The number of aromatic nitrogens is 2. The monoisotopic (exact) mass is 352 g/mol. The molecule has 3 nitrogen and oxygen atoms in total. The third-order valence-corrected chi connectivity index (χ3v) is 3.95. The zero-order chi connectivity index (χ0) is 13.9. The highest BCUT2D eigenvalue weighted by Crippen LogP contribution is 2.22. The minimum absolute atomic E-state index is 0.575. The molecular weight excluding hydrogens is 340 g/mol. The summed E-state index contributed by atoms with van der Waals surface area (Å²) in [5, 5.41) is 0. The number of hydrogen-bond acceptors (Lipinski definition) is 2. The Morgan fingerprint density at radius 3 is 2.90 bits per heavy atom. The Morgan fingerprint density at radius 1 is 1.25 bits per heavy atom. The summed E-state index contributed by atoms with van der Waals surface area (Å²) in [6.07, 6.45) is 3.33. The van der Waals surface area contributed by atoms with Crippen LogP contribution in [0.4, 0.5) is 0 Å². The summed E-state index contributed by atoms with van der Waals surface area (Å²) in [5.41, 5.74) is 2.14. The molecule has 0 unspecified atom stereocenters. The second-order valence-corrected chi connectivity index (χ2v) is 5.87. The van der Waals surface area contributed by atoms with Crippen LogP contribution in [0.2, 0.25) is 0 Å². The molecule has 0 aliphatic carbocycles. The predicted molar refractivity (Wildman–Crippen MR) is 84.3 cm³/mol. The SMILES string of the molecule is ClCCc1nc2cc(Br)ccc2n1CCc1ccco1. The van der Waals surface area contributed by atoms with Crippen molar-refractivity contribution in [3.8, 4) is 0 Å². The van der Waals surface area contributed by atoms with Crippen molar-refractivity contribution in [1.29, 1.82) is 0 Å². The average Bonchev–Trinajstić information content (AvgIpc) is 3.04. The zero-order valence-corrected chi connectivity index (χ0v) is 13.2. The minimum Gasteiger partial charge on any atom is -0.469 e. The van der Waals surface area contributed by atoms with E-state index in [2.05, 4.69) is 31.5 Å². The Balaban J connectivity index is 1.95. The molecule has 3 rings (SSSR count). The minimum atomic E-state index is 0.575. The van der Waals surface area contributed by atoms with Crippen molar-refractivity contribution in [1.82, 2.24) is 9.55 Å². The number of imidazole rings is 1. The van der Waals surface area contributed by atoms with Gasteiger partial charge < -0.3 is 8.98 Å². The van der Waals surface area contributed by atoms with Gasteiger partial charge in [0.1, 0.15) is 11.6 Å². The number of furan rings is 1. The highest BCUT2D eigenvalue weighted by Gasteiger charge is 2.11. The third kappa shape index (κ3) is 2.76. The van der Waals surface area contributed by atoms with Gasteiger partial charge in [-0.05, 0) is 30.3 Å². The molecule has 0 fully saturated rings. The smallest absolute Gasteiger partial charge is 0.111 e. The molecule has 0 amide bonds. The fourth-order valence-electron chi connectivity index (χ4n) is 2.35. The second-order valence-electron chi connectivity index (χ2n) is 4.58. The Kier molecular flexibility index (Phi) is 4.13. The zero-order valence-electron chi connectivity index (χ0n) is 10.9. The van der Waals surface area contributed by atoms with Gasteiger partial charge in [0.25, 0.3) is 0 Å². The van der Waals surface area contributed by atoms with Gasteiger partial charge in [0.05, 0.1) is 17.3 Å². The van der Waals surface area contributed by atoms with Crippen molar-refractivity contribution >= 4 is 38.6 Å². The standard InChI is InChI=1S/C15H14BrClN2O/c16-11-3-4-14-13(10-11)18-15(5-7-17)19(14)8-6-12-2-1-9-20-12/h1-4,9-10H,5-8H2. The Hall–Kier alpha value is -1.26. The number of alkyl halides is 1. The number of aryl methyl sites for hydroxylation is 3. The van der Waals surface area contributed by atoms with E-state index in [0.717, 1.165) is 46.5 Å². The molecule has 5 heteroatoms. The molecule has 104 valence electrons. The van der Waals surface area contributed by atoms with Gasteiger partial charge in [-0.2, -0.15) is 0 Å². The molecule has 0 saturated carbocycles. The van der Waals surface area contributed by atoms with Crippen LogP contribution in [0.5, 0.6) is 0 Å². The molecule has 0 aliphatic heterocycles. The van der Waals surface area contributed by atoms with Gasteiger partial charge in [0.15, 0.2) is 0 Å². The molecule has 0 saturated heterocycles. The van der Waals surface area contributed by atoms with E-state index in [0.29, 0.717) is 5.88 Å². The molecule has 0 N–H and O–H groups in total. The summed E-state index contributed by atoms with van der Waals surface area (Å²) in [6.45, 7) is 0.845. The normalized spacial score (nSPS) is 11.3. The number of halogens is 2. The maximum absolute atomic E-state index is 5.89. The van der Waals surface area contributed by atoms with E-state index < -0.39 is 0 Å². The Morgan fingerprint density at radius 2 is 2.15 bits per heavy atom. The summed E-state index contributed by atoms with van der Waals surface area (Å²) in [7, 11) is 0. The van der Waals surface area contributed by atoms with Crippen molar-refractivity contribution in [3.05, 3.63) is 52.7 Å². The fraction of sp³-hybridized carbons (Fsp3) is 0.267. The number of nitrogens with zero attached hydrogens (tertiary/aromatic N) is 2. The number of rotatable bonds is 5. The van der Waals surface area contributed by atoms with Crippen LogP contribution in [0.25, 0.3) is 11.0 Å². The van der Waals surface area contributed by atoms with Gasteiger partial charge in [-0.15, -0.1) is 11.6 Å². The summed E-state index contributed by atoms with van der Waals surface area (Å²) in [5.74, 6) is 2.59. The van der Waals surface area contributed by atoms with Crippen molar-refractivity contribution in [3.63, 3.8) is 0 Å². The third-order valence-electron chi connectivity index (χ3n) is 3.27. The van der Waals surface area contributed by atoms with Crippen LogP contribution < -0.4 is 0 Å². The van der Waals surface area contributed by atoms with E-state index in [9.17, 15) is 0 Å². The number of hydrogen-bond donors (Lipinski definition) is 0. The van der Waals surface area contributed by atoms with E-state index in [1.165, 1.54) is 0 Å². The molecule has 0 bridgehead atoms. The molecule has 0 radical (unpaired) electrons. The van der Waals surface area contributed by atoms with Gasteiger partial charge in [0, 0.05) is 29.7 Å². The lowest BCUT2D eigenvalue weighted by atomic mass is 10.3. The van der Waals surface area contributed by atoms with E-state index in [1.807, 2.05) is 24.3 Å². The molecule has 0 atom stereocenters. The summed E-state index contributed by atoms with van der Waals surface area (Å²) in [4.78, 5) is 4.68. The van der Waals surface area contributed by atoms with Crippen LogP contribution in [0, 0.1) is 0 Å². The number of fused-ring (bicyclic) bond motifs is 1. The topological polar surface area (TPSA) is 31.0 Å². The molecule has 0 aliphatic rings. The van der Waals surface area contributed by atoms with Crippen LogP contribution in [-0.2, 0) is 19.4 Å². The first-order chi connectivity index (χ1) is 9.78. The maximum Gasteiger partial charge on any atom is 0.111 e. The van der Waals surface area contributed by atoms with Crippen molar-refractivity contribution in [2.45, 2.75) is 19.4 Å².